The number of alkyl halides is 1. The molecule has 0 aromatic heterocycles. The van der Waals surface area contributed by atoms with E-state index >= 15 is 0 Å². The normalized spacial score (nSPS) is 14.9. The highest BCUT2D eigenvalue weighted by molar-refractivity contribution is 9.10. The fraction of sp³-hybridized carbons (Fsp3) is 0.200. The van der Waals surface area contributed by atoms with E-state index in [2.05, 4.69) is 15.9 Å². The van der Waals surface area contributed by atoms with Gasteiger partial charge in [0, 0.05) is 11.1 Å². The van der Waals surface area contributed by atoms with Crippen LogP contribution >= 0.6 is 39.1 Å². The molecule has 3 rings (SSSR count). The molecule has 0 N–H and O–H groups in total. The number of fused-ring (bicyclic) bond motifs is 1. The van der Waals surface area contributed by atoms with E-state index in [1.165, 1.54) is 6.07 Å². The van der Waals surface area contributed by atoms with Gasteiger partial charge in [-0.05, 0) is 45.3 Å². The summed E-state index contributed by atoms with van der Waals surface area (Å²) in [4.78, 5) is 0. The molecule has 0 fully saturated rings. The second-order valence-corrected chi connectivity index (χ2v) is 6.25. The number of rotatable bonds is 2. The first-order valence-electron chi connectivity index (χ1n) is 6.24. The molecule has 1 unspecified atom stereocenters. The summed E-state index contributed by atoms with van der Waals surface area (Å²) in [7, 11) is 0. The number of benzene rings is 2. The van der Waals surface area contributed by atoms with Crippen molar-refractivity contribution in [2.75, 3.05) is 13.2 Å². The Morgan fingerprint density at radius 1 is 1.10 bits per heavy atom. The number of hydrogen-bond acceptors (Lipinski definition) is 2. The van der Waals surface area contributed by atoms with Crippen molar-refractivity contribution in [3.05, 3.63) is 56.8 Å². The van der Waals surface area contributed by atoms with Crippen LogP contribution in [0.1, 0.15) is 16.5 Å². The van der Waals surface area contributed by atoms with Crippen molar-refractivity contribution in [3.8, 4) is 11.5 Å². The maximum absolute atomic E-state index is 13.3. The molecule has 0 amide bonds. The fourth-order valence-corrected chi connectivity index (χ4v) is 3.15. The SMILES string of the molecule is Fc1ccc(C(Cl)c2cc3c(cc2Cl)OCCO3)cc1Br. The molecule has 0 bridgehead atoms. The molecule has 2 aromatic rings. The van der Waals surface area contributed by atoms with Gasteiger partial charge in [-0.25, -0.2) is 4.39 Å². The van der Waals surface area contributed by atoms with Gasteiger partial charge in [0.2, 0.25) is 0 Å². The lowest BCUT2D eigenvalue weighted by Gasteiger charge is -2.21. The standard InChI is InChI=1S/C15H10BrCl2FO2/c16-10-5-8(1-2-12(10)19)15(18)9-6-13-14(7-11(9)17)21-4-3-20-13/h1-2,5-7,15H,3-4H2. The van der Waals surface area contributed by atoms with E-state index in [-0.39, 0.29) is 5.82 Å². The van der Waals surface area contributed by atoms with Crippen molar-refractivity contribution >= 4 is 39.1 Å². The van der Waals surface area contributed by atoms with Crippen molar-refractivity contribution in [2.24, 2.45) is 0 Å². The predicted molar refractivity (Wildman–Crippen MR) is 84.2 cm³/mol. The van der Waals surface area contributed by atoms with Gasteiger partial charge in [0.25, 0.3) is 0 Å². The van der Waals surface area contributed by atoms with E-state index in [4.69, 9.17) is 32.7 Å². The quantitative estimate of drug-likeness (QED) is 0.643. The molecule has 1 aliphatic rings. The molecule has 2 aromatic carbocycles. The molecular weight excluding hydrogens is 382 g/mol. The largest absolute Gasteiger partial charge is 0.486 e. The lowest BCUT2D eigenvalue weighted by atomic mass is 10.0. The third-order valence-electron chi connectivity index (χ3n) is 3.17. The zero-order valence-corrected chi connectivity index (χ0v) is 13.8. The molecule has 110 valence electrons. The van der Waals surface area contributed by atoms with E-state index in [1.807, 2.05) is 0 Å². The highest BCUT2D eigenvalue weighted by atomic mass is 79.9. The highest BCUT2D eigenvalue weighted by Gasteiger charge is 2.21. The summed E-state index contributed by atoms with van der Waals surface area (Å²) < 4.78 is 24.7. The topological polar surface area (TPSA) is 18.5 Å². The van der Waals surface area contributed by atoms with Crippen LogP contribution < -0.4 is 9.47 Å². The Balaban J connectivity index is 2.00. The van der Waals surface area contributed by atoms with Crippen LogP contribution in [0.2, 0.25) is 5.02 Å². The van der Waals surface area contributed by atoms with Crippen LogP contribution in [0.3, 0.4) is 0 Å². The molecule has 6 heteroatoms. The van der Waals surface area contributed by atoms with Gasteiger partial charge in [-0.3, -0.25) is 0 Å². The van der Waals surface area contributed by atoms with Crippen molar-refractivity contribution < 1.29 is 13.9 Å². The van der Waals surface area contributed by atoms with Gasteiger partial charge < -0.3 is 9.47 Å². The van der Waals surface area contributed by atoms with Crippen molar-refractivity contribution in [1.29, 1.82) is 0 Å². The Bertz CT molecular complexity index is 694. The summed E-state index contributed by atoms with van der Waals surface area (Å²) in [5.41, 5.74) is 1.43. The summed E-state index contributed by atoms with van der Waals surface area (Å²) >= 11 is 15.9. The summed E-state index contributed by atoms with van der Waals surface area (Å²) in [6.07, 6.45) is 0. The molecule has 21 heavy (non-hydrogen) atoms. The second kappa shape index (κ2) is 6.03. The van der Waals surface area contributed by atoms with E-state index in [1.54, 1.807) is 24.3 Å². The summed E-state index contributed by atoms with van der Waals surface area (Å²) in [5, 5.41) is -0.0232. The molecule has 0 aliphatic carbocycles. The van der Waals surface area contributed by atoms with Gasteiger partial charge >= 0.3 is 0 Å². The molecule has 0 saturated carbocycles. The third-order valence-corrected chi connectivity index (χ3v) is 4.59. The van der Waals surface area contributed by atoms with Crippen LogP contribution in [0.5, 0.6) is 11.5 Å². The number of hydrogen-bond donors (Lipinski definition) is 0. The first-order chi connectivity index (χ1) is 10.1. The number of ether oxygens (including phenoxy) is 2. The van der Waals surface area contributed by atoms with Crippen LogP contribution in [0.15, 0.2) is 34.8 Å². The van der Waals surface area contributed by atoms with Gasteiger partial charge in [-0.1, -0.05) is 17.7 Å². The second-order valence-electron chi connectivity index (χ2n) is 4.55. The summed E-state index contributed by atoms with van der Waals surface area (Å²) in [6, 6.07) is 8.09. The summed E-state index contributed by atoms with van der Waals surface area (Å²) in [6.45, 7) is 0.987. The van der Waals surface area contributed by atoms with Gasteiger partial charge in [-0.2, -0.15) is 0 Å². The first kappa shape index (κ1) is 14.9. The minimum atomic E-state index is -0.509. The first-order valence-corrected chi connectivity index (χ1v) is 7.85. The third kappa shape index (κ3) is 2.98. The molecule has 1 atom stereocenters. The lowest BCUT2D eigenvalue weighted by molar-refractivity contribution is 0.171. The van der Waals surface area contributed by atoms with Crippen molar-refractivity contribution in [1.82, 2.24) is 0 Å². The van der Waals surface area contributed by atoms with Gasteiger partial charge in [-0.15, -0.1) is 11.6 Å². The van der Waals surface area contributed by atoms with E-state index in [0.29, 0.717) is 39.8 Å². The molecule has 0 radical (unpaired) electrons. The molecule has 1 heterocycles. The van der Waals surface area contributed by atoms with Gasteiger partial charge in [0.05, 0.1) is 9.85 Å². The zero-order chi connectivity index (χ0) is 15.0. The fourth-order valence-electron chi connectivity index (χ4n) is 2.12. The van der Waals surface area contributed by atoms with Gasteiger partial charge in [0.15, 0.2) is 11.5 Å². The monoisotopic (exact) mass is 390 g/mol. The molecule has 2 nitrogen and oxygen atoms in total. The Morgan fingerprint density at radius 2 is 1.76 bits per heavy atom. The minimum absolute atomic E-state index is 0.337. The molecule has 0 saturated heterocycles. The smallest absolute Gasteiger partial charge is 0.162 e. The van der Waals surface area contributed by atoms with E-state index < -0.39 is 5.38 Å². The van der Waals surface area contributed by atoms with Crippen molar-refractivity contribution in [2.45, 2.75) is 5.38 Å². The number of halogens is 4. The molecule has 0 spiro atoms. The molecule has 1 aliphatic heterocycles. The van der Waals surface area contributed by atoms with Crippen LogP contribution in [-0.2, 0) is 0 Å². The van der Waals surface area contributed by atoms with E-state index in [0.717, 1.165) is 5.56 Å². The van der Waals surface area contributed by atoms with Crippen LogP contribution in [-0.4, -0.2) is 13.2 Å². The maximum atomic E-state index is 13.3. The summed E-state index contributed by atoms with van der Waals surface area (Å²) in [5.74, 6) is 0.891. The Morgan fingerprint density at radius 3 is 2.43 bits per heavy atom. The average molecular weight is 392 g/mol. The Hall–Kier alpha value is -0.970. The Labute approximate surface area is 139 Å². The minimum Gasteiger partial charge on any atom is -0.486 e. The van der Waals surface area contributed by atoms with Crippen LogP contribution in [0, 0.1) is 5.82 Å². The van der Waals surface area contributed by atoms with Crippen LogP contribution in [0.4, 0.5) is 4.39 Å². The highest BCUT2D eigenvalue weighted by Crippen LogP contribution is 2.42. The van der Waals surface area contributed by atoms with Crippen molar-refractivity contribution in [3.63, 3.8) is 0 Å². The zero-order valence-electron chi connectivity index (χ0n) is 10.7. The van der Waals surface area contributed by atoms with Crippen LogP contribution in [0.25, 0.3) is 0 Å². The Kier molecular flexibility index (Phi) is 4.29. The lowest BCUT2D eigenvalue weighted by Crippen LogP contribution is -2.15. The maximum Gasteiger partial charge on any atom is 0.162 e. The predicted octanol–water partition coefficient (Wildman–Crippen LogP) is 5.34. The average Bonchev–Trinajstić information content (AvgIpc) is 2.48. The van der Waals surface area contributed by atoms with E-state index in [9.17, 15) is 4.39 Å². The van der Waals surface area contributed by atoms with Gasteiger partial charge in [0.1, 0.15) is 19.0 Å². The molecular formula is C15H10BrCl2FO2.